The molecule has 0 saturated carbocycles. The summed E-state index contributed by atoms with van der Waals surface area (Å²) in [7, 11) is 0. The Morgan fingerprint density at radius 1 is 1.26 bits per heavy atom. The number of halogens is 1. The van der Waals surface area contributed by atoms with Crippen molar-refractivity contribution in [3.05, 3.63) is 35.0 Å². The molecule has 1 unspecified atom stereocenters. The Bertz CT molecular complexity index is 939. The third kappa shape index (κ3) is 4.31. The number of H-pyrrole nitrogens is 1. The minimum Gasteiger partial charge on any atom is -0.366 e. The van der Waals surface area contributed by atoms with E-state index in [1.54, 1.807) is 0 Å². The van der Waals surface area contributed by atoms with Crippen LogP contribution >= 0.6 is 11.6 Å². The van der Waals surface area contributed by atoms with E-state index >= 15 is 0 Å². The lowest BCUT2D eigenvalue weighted by Crippen LogP contribution is -2.42. The van der Waals surface area contributed by atoms with E-state index in [-0.39, 0.29) is 0 Å². The summed E-state index contributed by atoms with van der Waals surface area (Å²) in [6, 6.07) is 7.94. The Hall–Kier alpha value is -2.38. The van der Waals surface area contributed by atoms with Gasteiger partial charge in [-0.1, -0.05) is 18.5 Å². The highest BCUT2D eigenvalue weighted by Crippen LogP contribution is 2.21. The predicted octanol–water partition coefficient (Wildman–Crippen LogP) is 3.95. The predicted molar refractivity (Wildman–Crippen MR) is 110 cm³/mol. The second-order valence-corrected chi connectivity index (χ2v) is 7.40. The van der Waals surface area contributed by atoms with Crippen molar-refractivity contribution in [3.63, 3.8) is 0 Å². The van der Waals surface area contributed by atoms with Crippen LogP contribution in [0.5, 0.6) is 0 Å². The molecule has 3 heterocycles. The standard InChI is InChI=1S/C19H24ClN7/c1-3-27-8-4-5-14(11-27)22-17-9-12(2)21-18(25-17)26-19-23-15-7-6-13(20)10-16(15)24-19/h6-7,9-10,14H,3-5,8,11H2,1-2H3,(H3,21,22,23,24,25,26). The molecule has 1 fully saturated rings. The van der Waals surface area contributed by atoms with E-state index in [1.165, 1.54) is 13.0 Å². The second kappa shape index (κ2) is 7.70. The number of hydrogen-bond acceptors (Lipinski definition) is 6. The number of benzene rings is 1. The summed E-state index contributed by atoms with van der Waals surface area (Å²) in [4.78, 5) is 19.3. The van der Waals surface area contributed by atoms with Gasteiger partial charge >= 0.3 is 0 Å². The number of aromatic amines is 1. The maximum atomic E-state index is 6.04. The number of imidazole rings is 1. The molecule has 3 N–H and O–H groups in total. The van der Waals surface area contributed by atoms with Gasteiger partial charge < -0.3 is 15.2 Å². The lowest BCUT2D eigenvalue weighted by molar-refractivity contribution is 0.226. The molecule has 3 aromatic rings. The van der Waals surface area contributed by atoms with E-state index < -0.39 is 0 Å². The summed E-state index contributed by atoms with van der Waals surface area (Å²) in [5, 5.41) is 7.41. The maximum absolute atomic E-state index is 6.04. The van der Waals surface area contributed by atoms with Crippen LogP contribution in [0.1, 0.15) is 25.5 Å². The number of rotatable bonds is 5. The van der Waals surface area contributed by atoms with Gasteiger partial charge in [-0.05, 0) is 51.1 Å². The number of nitrogens with zero attached hydrogens (tertiary/aromatic N) is 4. The Morgan fingerprint density at radius 2 is 2.15 bits per heavy atom. The number of nitrogens with one attached hydrogen (secondary N) is 3. The minimum absolute atomic E-state index is 0.411. The van der Waals surface area contributed by atoms with Gasteiger partial charge in [0.25, 0.3) is 0 Å². The number of hydrogen-bond donors (Lipinski definition) is 3. The fourth-order valence-electron chi connectivity index (χ4n) is 3.52. The molecule has 1 aliphatic rings. The van der Waals surface area contributed by atoms with E-state index in [0.717, 1.165) is 42.1 Å². The van der Waals surface area contributed by atoms with Crippen molar-refractivity contribution in [2.24, 2.45) is 0 Å². The zero-order valence-electron chi connectivity index (χ0n) is 15.6. The first-order valence-electron chi connectivity index (χ1n) is 9.36. The summed E-state index contributed by atoms with van der Waals surface area (Å²) in [5.41, 5.74) is 2.62. The lowest BCUT2D eigenvalue weighted by atomic mass is 10.1. The minimum atomic E-state index is 0.411. The van der Waals surface area contributed by atoms with Crippen LogP contribution in [-0.2, 0) is 0 Å². The molecule has 142 valence electrons. The highest BCUT2D eigenvalue weighted by molar-refractivity contribution is 6.31. The molecule has 0 amide bonds. The molecule has 4 rings (SSSR count). The van der Waals surface area contributed by atoms with Crippen LogP contribution in [0.3, 0.4) is 0 Å². The SMILES string of the molecule is CCN1CCCC(Nc2cc(C)nc(Nc3nc4ccc(Cl)cc4[nH]3)n2)C1. The fraction of sp³-hybridized carbons (Fsp3) is 0.421. The van der Waals surface area contributed by atoms with Gasteiger partial charge in [-0.25, -0.2) is 9.97 Å². The first-order valence-corrected chi connectivity index (χ1v) is 9.73. The number of anilines is 3. The van der Waals surface area contributed by atoms with Gasteiger partial charge in [0.2, 0.25) is 11.9 Å². The van der Waals surface area contributed by atoms with Gasteiger partial charge in [-0.2, -0.15) is 4.98 Å². The Balaban J connectivity index is 1.51. The van der Waals surface area contributed by atoms with Crippen LogP contribution in [0.4, 0.5) is 17.7 Å². The van der Waals surface area contributed by atoms with E-state index in [2.05, 4.69) is 42.4 Å². The van der Waals surface area contributed by atoms with Crippen molar-refractivity contribution in [1.29, 1.82) is 0 Å². The topological polar surface area (TPSA) is 81.8 Å². The first kappa shape index (κ1) is 18.0. The third-order valence-corrected chi connectivity index (χ3v) is 5.07. The van der Waals surface area contributed by atoms with E-state index in [4.69, 9.17) is 11.6 Å². The summed E-state index contributed by atoms with van der Waals surface area (Å²) in [6.45, 7) is 7.49. The van der Waals surface area contributed by atoms with Crippen molar-refractivity contribution in [1.82, 2.24) is 24.8 Å². The molecule has 0 bridgehead atoms. The van der Waals surface area contributed by atoms with E-state index in [0.29, 0.717) is 23.0 Å². The number of piperidine rings is 1. The van der Waals surface area contributed by atoms with Crippen LogP contribution in [0.2, 0.25) is 5.02 Å². The highest BCUT2D eigenvalue weighted by atomic mass is 35.5. The molecule has 1 saturated heterocycles. The monoisotopic (exact) mass is 385 g/mol. The van der Waals surface area contributed by atoms with Crippen LogP contribution in [0.25, 0.3) is 11.0 Å². The smallest absolute Gasteiger partial charge is 0.231 e. The van der Waals surface area contributed by atoms with Crippen molar-refractivity contribution >= 4 is 40.3 Å². The normalized spacial score (nSPS) is 18.0. The molecule has 2 aromatic heterocycles. The van der Waals surface area contributed by atoms with Crippen molar-refractivity contribution in [2.45, 2.75) is 32.7 Å². The molecule has 27 heavy (non-hydrogen) atoms. The molecule has 0 aliphatic carbocycles. The fourth-order valence-corrected chi connectivity index (χ4v) is 3.69. The molecule has 7 nitrogen and oxygen atoms in total. The molecule has 8 heteroatoms. The average molecular weight is 386 g/mol. The first-order chi connectivity index (χ1) is 13.1. The molecule has 1 aromatic carbocycles. The van der Waals surface area contributed by atoms with Crippen LogP contribution in [0, 0.1) is 6.92 Å². The van der Waals surface area contributed by atoms with E-state index in [9.17, 15) is 0 Å². The summed E-state index contributed by atoms with van der Waals surface area (Å²) in [6.07, 6.45) is 2.37. The Labute approximate surface area is 163 Å². The quantitative estimate of drug-likeness (QED) is 0.616. The van der Waals surface area contributed by atoms with Crippen LogP contribution in [-0.4, -0.2) is 50.5 Å². The summed E-state index contributed by atoms with van der Waals surface area (Å²) >= 11 is 6.04. The van der Waals surface area contributed by atoms with Crippen LogP contribution < -0.4 is 10.6 Å². The van der Waals surface area contributed by atoms with Crippen LogP contribution in [0.15, 0.2) is 24.3 Å². The van der Waals surface area contributed by atoms with Gasteiger partial charge in [-0.3, -0.25) is 5.32 Å². The van der Waals surface area contributed by atoms with Gasteiger partial charge in [0.1, 0.15) is 5.82 Å². The molecule has 1 aliphatic heterocycles. The molecule has 0 spiro atoms. The molecular weight excluding hydrogens is 362 g/mol. The molecule has 1 atom stereocenters. The van der Waals surface area contributed by atoms with Crippen molar-refractivity contribution < 1.29 is 0 Å². The number of fused-ring (bicyclic) bond motifs is 1. The second-order valence-electron chi connectivity index (χ2n) is 6.97. The summed E-state index contributed by atoms with van der Waals surface area (Å²) in [5.74, 6) is 1.96. The number of aromatic nitrogens is 4. The van der Waals surface area contributed by atoms with Crippen molar-refractivity contribution in [2.75, 3.05) is 30.3 Å². The number of aryl methyl sites for hydroxylation is 1. The van der Waals surface area contributed by atoms with E-state index in [1.807, 2.05) is 31.2 Å². The average Bonchev–Trinajstić information content (AvgIpc) is 3.02. The van der Waals surface area contributed by atoms with Gasteiger partial charge in [0.15, 0.2) is 0 Å². The third-order valence-electron chi connectivity index (χ3n) is 4.83. The van der Waals surface area contributed by atoms with Gasteiger partial charge in [-0.15, -0.1) is 0 Å². The lowest BCUT2D eigenvalue weighted by Gasteiger charge is -2.32. The number of likely N-dealkylation sites (N-methyl/N-ethyl adjacent to an activating group) is 1. The molecular formula is C19H24ClN7. The molecule has 0 radical (unpaired) electrons. The zero-order valence-corrected chi connectivity index (χ0v) is 16.3. The highest BCUT2D eigenvalue weighted by Gasteiger charge is 2.19. The Morgan fingerprint density at radius 3 is 3.00 bits per heavy atom. The maximum Gasteiger partial charge on any atom is 0.231 e. The largest absolute Gasteiger partial charge is 0.366 e. The van der Waals surface area contributed by atoms with Gasteiger partial charge in [0, 0.05) is 29.4 Å². The Kier molecular flexibility index (Phi) is 5.13. The van der Waals surface area contributed by atoms with Crippen molar-refractivity contribution in [3.8, 4) is 0 Å². The zero-order chi connectivity index (χ0) is 18.8. The summed E-state index contributed by atoms with van der Waals surface area (Å²) < 4.78 is 0. The number of likely N-dealkylation sites (tertiary alicyclic amines) is 1. The van der Waals surface area contributed by atoms with Gasteiger partial charge in [0.05, 0.1) is 11.0 Å².